The van der Waals surface area contributed by atoms with Gasteiger partial charge in [0, 0.05) is 25.7 Å². The first kappa shape index (κ1) is 16.6. The van der Waals surface area contributed by atoms with E-state index in [0.717, 1.165) is 35.7 Å². The van der Waals surface area contributed by atoms with Gasteiger partial charge in [-0.3, -0.25) is 4.90 Å². The van der Waals surface area contributed by atoms with Gasteiger partial charge in [0.05, 0.1) is 10.2 Å². The van der Waals surface area contributed by atoms with Crippen molar-refractivity contribution in [1.29, 1.82) is 0 Å². The third kappa shape index (κ3) is 3.93. The van der Waals surface area contributed by atoms with Gasteiger partial charge in [-0.1, -0.05) is 26.0 Å². The number of hydrogen-bond acceptors (Lipinski definition) is 5. The lowest BCUT2D eigenvalue weighted by atomic mass is 10.0. The molecule has 0 saturated carbocycles. The molecule has 0 aliphatic heterocycles. The summed E-state index contributed by atoms with van der Waals surface area (Å²) >= 11 is 1.67. The molecule has 1 atom stereocenters. The summed E-state index contributed by atoms with van der Waals surface area (Å²) in [6.45, 7) is 14.8. The molecule has 118 valence electrons. The number of fused-ring (bicyclic) bond motifs is 1. The van der Waals surface area contributed by atoms with Crippen molar-refractivity contribution >= 4 is 27.4 Å². The summed E-state index contributed by atoms with van der Waals surface area (Å²) in [5.41, 5.74) is 0.998. The second kappa shape index (κ2) is 8.06. The highest BCUT2D eigenvalue weighted by atomic mass is 32.1. The third-order valence-corrected chi connectivity index (χ3v) is 4.60. The van der Waals surface area contributed by atoms with Crippen LogP contribution in [0.2, 0.25) is 0 Å². The standard InChI is InChI=1S/C17H24N4S/c1-5-8-21(9-6-2)15(13(3)4)11-18-17-16-14(7-10-22-16)19-12-20-17/h5-7,10,12-13,15H,1-2,8-9,11H2,3-4H3,(H,18,19,20)/t15-/m1/s1. The summed E-state index contributed by atoms with van der Waals surface area (Å²) in [5.74, 6) is 1.44. The van der Waals surface area contributed by atoms with Crippen LogP contribution in [0.5, 0.6) is 0 Å². The molecule has 2 rings (SSSR count). The van der Waals surface area contributed by atoms with Crippen molar-refractivity contribution < 1.29 is 0 Å². The van der Waals surface area contributed by atoms with Crippen LogP contribution in [0.3, 0.4) is 0 Å². The second-order valence-electron chi connectivity index (χ2n) is 5.58. The Labute approximate surface area is 136 Å². The molecule has 0 aliphatic carbocycles. The van der Waals surface area contributed by atoms with Gasteiger partial charge in [0.15, 0.2) is 0 Å². The average Bonchev–Trinajstić information content (AvgIpc) is 2.96. The molecule has 2 aromatic heterocycles. The van der Waals surface area contributed by atoms with Gasteiger partial charge in [-0.25, -0.2) is 9.97 Å². The van der Waals surface area contributed by atoms with E-state index in [1.54, 1.807) is 17.7 Å². The molecule has 0 saturated heterocycles. The molecule has 0 aromatic carbocycles. The van der Waals surface area contributed by atoms with Crippen LogP contribution in [-0.4, -0.2) is 40.5 Å². The number of aromatic nitrogens is 2. The van der Waals surface area contributed by atoms with Crippen molar-refractivity contribution in [3.05, 3.63) is 43.1 Å². The largest absolute Gasteiger partial charge is 0.367 e. The molecule has 1 N–H and O–H groups in total. The van der Waals surface area contributed by atoms with Crippen molar-refractivity contribution in [3.8, 4) is 0 Å². The molecule has 5 heteroatoms. The maximum atomic E-state index is 4.39. The van der Waals surface area contributed by atoms with Gasteiger partial charge in [-0.05, 0) is 17.4 Å². The Bertz CT molecular complexity index is 610. The smallest absolute Gasteiger partial charge is 0.147 e. The normalized spacial score (nSPS) is 12.7. The predicted molar refractivity (Wildman–Crippen MR) is 96.5 cm³/mol. The SMILES string of the molecule is C=CCN(CC=C)[C@H](CNc1ncnc2ccsc12)C(C)C. The summed E-state index contributed by atoms with van der Waals surface area (Å²) in [5, 5.41) is 5.55. The van der Waals surface area contributed by atoms with Crippen molar-refractivity contribution in [1.82, 2.24) is 14.9 Å². The topological polar surface area (TPSA) is 41.0 Å². The first-order valence-electron chi connectivity index (χ1n) is 7.55. The van der Waals surface area contributed by atoms with E-state index in [0.29, 0.717) is 12.0 Å². The van der Waals surface area contributed by atoms with Crippen LogP contribution in [0.1, 0.15) is 13.8 Å². The van der Waals surface area contributed by atoms with E-state index in [1.165, 1.54) is 0 Å². The Hall–Kier alpha value is -1.72. The lowest BCUT2D eigenvalue weighted by molar-refractivity contribution is 0.199. The number of anilines is 1. The monoisotopic (exact) mass is 316 g/mol. The van der Waals surface area contributed by atoms with E-state index in [-0.39, 0.29) is 0 Å². The fraction of sp³-hybridized carbons (Fsp3) is 0.412. The summed E-state index contributed by atoms with van der Waals surface area (Å²) in [6.07, 6.45) is 5.51. The number of nitrogens with zero attached hydrogens (tertiary/aromatic N) is 3. The Balaban J connectivity index is 2.12. The molecule has 0 unspecified atom stereocenters. The number of thiophene rings is 1. The fourth-order valence-electron chi connectivity index (χ4n) is 2.58. The first-order valence-corrected chi connectivity index (χ1v) is 8.43. The van der Waals surface area contributed by atoms with E-state index < -0.39 is 0 Å². The highest BCUT2D eigenvalue weighted by Gasteiger charge is 2.20. The zero-order valence-corrected chi connectivity index (χ0v) is 14.1. The van der Waals surface area contributed by atoms with Crippen LogP contribution >= 0.6 is 11.3 Å². The molecular formula is C17H24N4S. The van der Waals surface area contributed by atoms with E-state index in [9.17, 15) is 0 Å². The molecule has 2 heterocycles. The highest BCUT2D eigenvalue weighted by molar-refractivity contribution is 7.17. The zero-order chi connectivity index (χ0) is 15.9. The van der Waals surface area contributed by atoms with Gasteiger partial charge < -0.3 is 5.32 Å². The van der Waals surface area contributed by atoms with Gasteiger partial charge in [-0.2, -0.15) is 0 Å². The van der Waals surface area contributed by atoms with Gasteiger partial charge in [-0.15, -0.1) is 24.5 Å². The number of rotatable bonds is 9. The minimum absolute atomic E-state index is 0.390. The molecule has 22 heavy (non-hydrogen) atoms. The Morgan fingerprint density at radius 3 is 2.64 bits per heavy atom. The highest BCUT2D eigenvalue weighted by Crippen LogP contribution is 2.25. The molecule has 4 nitrogen and oxygen atoms in total. The second-order valence-corrected chi connectivity index (χ2v) is 6.50. The molecule has 0 bridgehead atoms. The van der Waals surface area contributed by atoms with Gasteiger partial charge in [0.1, 0.15) is 12.1 Å². The van der Waals surface area contributed by atoms with Crippen LogP contribution in [-0.2, 0) is 0 Å². The lowest BCUT2D eigenvalue weighted by Crippen LogP contribution is -2.43. The lowest BCUT2D eigenvalue weighted by Gasteiger charge is -2.33. The number of nitrogens with one attached hydrogen (secondary N) is 1. The van der Waals surface area contributed by atoms with Crippen LogP contribution in [0.25, 0.3) is 10.2 Å². The molecule has 0 spiro atoms. The molecule has 2 aromatic rings. The Morgan fingerprint density at radius 2 is 2.00 bits per heavy atom. The average molecular weight is 316 g/mol. The van der Waals surface area contributed by atoms with Crippen molar-refractivity contribution in [2.24, 2.45) is 5.92 Å². The fourth-order valence-corrected chi connectivity index (χ4v) is 3.39. The van der Waals surface area contributed by atoms with Crippen molar-refractivity contribution in [3.63, 3.8) is 0 Å². The Morgan fingerprint density at radius 1 is 1.27 bits per heavy atom. The third-order valence-electron chi connectivity index (χ3n) is 3.69. The van der Waals surface area contributed by atoms with Gasteiger partial charge in [0.25, 0.3) is 0 Å². The summed E-state index contributed by atoms with van der Waals surface area (Å²) in [4.78, 5) is 11.1. The van der Waals surface area contributed by atoms with Gasteiger partial charge in [0.2, 0.25) is 0 Å². The van der Waals surface area contributed by atoms with E-state index in [1.807, 2.05) is 23.6 Å². The van der Waals surface area contributed by atoms with Crippen molar-refractivity contribution in [2.45, 2.75) is 19.9 Å². The van der Waals surface area contributed by atoms with E-state index >= 15 is 0 Å². The first-order chi connectivity index (χ1) is 10.7. The minimum Gasteiger partial charge on any atom is -0.367 e. The van der Waals surface area contributed by atoms with E-state index in [2.05, 4.69) is 47.2 Å². The van der Waals surface area contributed by atoms with Crippen LogP contribution in [0.4, 0.5) is 5.82 Å². The summed E-state index contributed by atoms with van der Waals surface area (Å²) < 4.78 is 1.11. The molecule has 0 aliphatic rings. The maximum Gasteiger partial charge on any atom is 0.147 e. The predicted octanol–water partition coefficient (Wildman–Crippen LogP) is 3.80. The summed E-state index contributed by atoms with van der Waals surface area (Å²) in [6, 6.07) is 2.41. The molecule has 0 amide bonds. The molecule has 0 fully saturated rings. The van der Waals surface area contributed by atoms with Crippen LogP contribution in [0, 0.1) is 5.92 Å². The number of hydrogen-bond donors (Lipinski definition) is 1. The quantitative estimate of drug-likeness (QED) is 0.714. The molecular weight excluding hydrogens is 292 g/mol. The minimum atomic E-state index is 0.390. The summed E-state index contributed by atoms with van der Waals surface area (Å²) in [7, 11) is 0. The molecule has 0 radical (unpaired) electrons. The van der Waals surface area contributed by atoms with Crippen molar-refractivity contribution in [2.75, 3.05) is 25.0 Å². The van der Waals surface area contributed by atoms with Gasteiger partial charge >= 0.3 is 0 Å². The van der Waals surface area contributed by atoms with E-state index in [4.69, 9.17) is 0 Å². The zero-order valence-electron chi connectivity index (χ0n) is 13.3. The van der Waals surface area contributed by atoms with Crippen LogP contribution in [0.15, 0.2) is 43.1 Å². The van der Waals surface area contributed by atoms with Crippen LogP contribution < -0.4 is 5.32 Å². The maximum absolute atomic E-state index is 4.39. The Kier molecular flexibility index (Phi) is 6.10.